The summed E-state index contributed by atoms with van der Waals surface area (Å²) < 4.78 is 16.9. The van der Waals surface area contributed by atoms with E-state index in [4.69, 9.17) is 14.2 Å². The van der Waals surface area contributed by atoms with E-state index in [-0.39, 0.29) is 31.1 Å². The smallest absolute Gasteiger partial charge is 0.306 e. The number of ether oxygens (including phenoxy) is 3. The van der Waals surface area contributed by atoms with Crippen LogP contribution in [0.5, 0.6) is 0 Å². The SMILES string of the molecule is CC/C=C\C/C=C\C/C=C\C/C=C\C/C=C\C/C=C\CCCCC(=O)OCC(COC(=O)CCCCCCCCCCCCCCCCCC)OC(=O)CCCCCCC/C=C\CCCCCCCCC. The van der Waals surface area contributed by atoms with Crippen molar-refractivity contribution < 1.29 is 28.6 Å². The molecule has 0 aliphatic rings. The first-order valence-corrected chi connectivity index (χ1v) is 30.1. The fourth-order valence-electron chi connectivity index (χ4n) is 8.38. The van der Waals surface area contributed by atoms with E-state index in [1.165, 1.54) is 141 Å². The Bertz CT molecular complexity index is 1370. The Morgan fingerprint density at radius 1 is 0.296 bits per heavy atom. The van der Waals surface area contributed by atoms with E-state index in [0.29, 0.717) is 19.3 Å². The summed E-state index contributed by atoms with van der Waals surface area (Å²) in [5.41, 5.74) is 0. The molecule has 6 nitrogen and oxygen atoms in total. The second-order valence-electron chi connectivity index (χ2n) is 19.9. The molecule has 0 aliphatic carbocycles. The summed E-state index contributed by atoms with van der Waals surface area (Å²) in [7, 11) is 0. The van der Waals surface area contributed by atoms with E-state index in [9.17, 15) is 14.4 Å². The zero-order chi connectivity index (χ0) is 51.4. The summed E-state index contributed by atoms with van der Waals surface area (Å²) >= 11 is 0. The third-order valence-electron chi connectivity index (χ3n) is 12.9. The molecule has 0 bridgehead atoms. The van der Waals surface area contributed by atoms with Crippen molar-refractivity contribution in [1.29, 1.82) is 0 Å². The lowest BCUT2D eigenvalue weighted by atomic mass is 10.0. The van der Waals surface area contributed by atoms with E-state index in [0.717, 1.165) is 109 Å². The molecule has 1 atom stereocenters. The first-order valence-electron chi connectivity index (χ1n) is 30.1. The Morgan fingerprint density at radius 2 is 0.549 bits per heavy atom. The number of esters is 3. The normalized spacial score (nSPS) is 12.7. The lowest BCUT2D eigenvalue weighted by Gasteiger charge is -2.18. The predicted molar refractivity (Wildman–Crippen MR) is 307 cm³/mol. The van der Waals surface area contributed by atoms with Crippen LogP contribution in [0, 0.1) is 0 Å². The van der Waals surface area contributed by atoms with Crippen LogP contribution in [0.25, 0.3) is 0 Å². The Hall–Kier alpha value is -3.41. The molecule has 71 heavy (non-hydrogen) atoms. The number of carbonyl (C=O) groups excluding carboxylic acids is 3. The van der Waals surface area contributed by atoms with Crippen molar-refractivity contribution in [2.45, 2.75) is 297 Å². The predicted octanol–water partition coefficient (Wildman–Crippen LogP) is 20.3. The third-order valence-corrected chi connectivity index (χ3v) is 12.9. The number of rotatable bonds is 54. The van der Waals surface area contributed by atoms with E-state index in [2.05, 4.69) is 106 Å². The summed E-state index contributed by atoms with van der Waals surface area (Å²) in [6, 6.07) is 0. The highest BCUT2D eigenvalue weighted by molar-refractivity contribution is 5.71. The molecule has 0 aromatic heterocycles. The fourth-order valence-corrected chi connectivity index (χ4v) is 8.38. The van der Waals surface area contributed by atoms with Crippen LogP contribution in [0.2, 0.25) is 0 Å². The minimum absolute atomic E-state index is 0.0914. The highest BCUT2D eigenvalue weighted by Crippen LogP contribution is 2.16. The van der Waals surface area contributed by atoms with Gasteiger partial charge in [0.2, 0.25) is 0 Å². The maximum atomic E-state index is 12.9. The van der Waals surface area contributed by atoms with Gasteiger partial charge in [0.05, 0.1) is 0 Å². The Morgan fingerprint density at radius 3 is 0.901 bits per heavy atom. The zero-order valence-electron chi connectivity index (χ0n) is 46.7. The minimum atomic E-state index is -0.798. The molecule has 6 heteroatoms. The summed E-state index contributed by atoms with van der Waals surface area (Å²) in [4.78, 5) is 38.2. The van der Waals surface area contributed by atoms with Gasteiger partial charge in [0, 0.05) is 19.3 Å². The van der Waals surface area contributed by atoms with Crippen LogP contribution in [-0.4, -0.2) is 37.2 Å². The summed E-state index contributed by atoms with van der Waals surface area (Å²) in [5.74, 6) is -0.935. The number of carbonyl (C=O) groups is 3. The van der Waals surface area contributed by atoms with Crippen molar-refractivity contribution in [1.82, 2.24) is 0 Å². The molecule has 0 aliphatic heterocycles. The largest absolute Gasteiger partial charge is 0.462 e. The van der Waals surface area contributed by atoms with Crippen LogP contribution >= 0.6 is 0 Å². The van der Waals surface area contributed by atoms with Crippen LogP contribution in [0.15, 0.2) is 85.1 Å². The van der Waals surface area contributed by atoms with Gasteiger partial charge in [-0.1, -0.05) is 260 Å². The van der Waals surface area contributed by atoms with E-state index in [1.54, 1.807) is 0 Å². The Labute approximate surface area is 439 Å². The molecular weight excluding hydrogens is 877 g/mol. The first kappa shape index (κ1) is 67.6. The summed E-state index contributed by atoms with van der Waals surface area (Å²) in [6.07, 6.45) is 77.2. The Balaban J connectivity index is 4.45. The van der Waals surface area contributed by atoms with E-state index >= 15 is 0 Å². The van der Waals surface area contributed by atoms with Crippen molar-refractivity contribution in [3.63, 3.8) is 0 Å². The van der Waals surface area contributed by atoms with E-state index in [1.807, 2.05) is 0 Å². The van der Waals surface area contributed by atoms with Gasteiger partial charge < -0.3 is 14.2 Å². The van der Waals surface area contributed by atoms with Gasteiger partial charge >= 0.3 is 17.9 Å². The third kappa shape index (κ3) is 57.4. The molecule has 0 aromatic carbocycles. The molecule has 0 saturated heterocycles. The number of allylic oxidation sites excluding steroid dienone is 14. The maximum absolute atomic E-state index is 12.9. The summed E-state index contributed by atoms with van der Waals surface area (Å²) in [5, 5.41) is 0. The van der Waals surface area contributed by atoms with Crippen molar-refractivity contribution >= 4 is 17.9 Å². The average Bonchev–Trinajstić information content (AvgIpc) is 3.37. The molecule has 1 unspecified atom stereocenters. The molecule has 0 fully saturated rings. The molecule has 408 valence electrons. The summed E-state index contributed by atoms with van der Waals surface area (Å²) in [6.45, 7) is 6.51. The maximum Gasteiger partial charge on any atom is 0.306 e. The molecule has 0 amide bonds. The molecule has 0 aromatic rings. The number of hydrogen-bond donors (Lipinski definition) is 0. The van der Waals surface area contributed by atoms with Crippen LogP contribution in [-0.2, 0) is 28.6 Å². The highest BCUT2D eigenvalue weighted by Gasteiger charge is 2.19. The lowest BCUT2D eigenvalue weighted by molar-refractivity contribution is -0.167. The van der Waals surface area contributed by atoms with Crippen molar-refractivity contribution in [2.24, 2.45) is 0 Å². The second-order valence-corrected chi connectivity index (χ2v) is 19.9. The van der Waals surface area contributed by atoms with Gasteiger partial charge in [-0.15, -0.1) is 0 Å². The van der Waals surface area contributed by atoms with Gasteiger partial charge in [0.25, 0.3) is 0 Å². The van der Waals surface area contributed by atoms with Crippen LogP contribution in [0.4, 0.5) is 0 Å². The van der Waals surface area contributed by atoms with Crippen molar-refractivity contribution in [3.05, 3.63) is 85.1 Å². The van der Waals surface area contributed by atoms with Gasteiger partial charge in [-0.05, 0) is 96.3 Å². The van der Waals surface area contributed by atoms with Gasteiger partial charge in [0.1, 0.15) is 13.2 Å². The molecule has 0 N–H and O–H groups in total. The average molecular weight is 990 g/mol. The number of hydrogen-bond acceptors (Lipinski definition) is 6. The molecule has 0 radical (unpaired) electrons. The fraction of sp³-hybridized carbons (Fsp3) is 0.738. The highest BCUT2D eigenvalue weighted by atomic mass is 16.6. The zero-order valence-corrected chi connectivity index (χ0v) is 46.7. The lowest BCUT2D eigenvalue weighted by Crippen LogP contribution is -2.30. The Kier molecular flexibility index (Phi) is 56.3. The van der Waals surface area contributed by atoms with Gasteiger partial charge in [-0.25, -0.2) is 0 Å². The number of unbranched alkanes of at least 4 members (excludes halogenated alkanes) is 29. The molecule has 0 saturated carbocycles. The first-order chi connectivity index (χ1) is 35.0. The van der Waals surface area contributed by atoms with Gasteiger partial charge in [-0.2, -0.15) is 0 Å². The molecule has 0 heterocycles. The molecular formula is C65H112O6. The quantitative estimate of drug-likeness (QED) is 0.0261. The van der Waals surface area contributed by atoms with Crippen LogP contribution in [0.3, 0.4) is 0 Å². The van der Waals surface area contributed by atoms with E-state index < -0.39 is 6.10 Å². The standard InChI is InChI=1S/C65H112O6/c1-4-7-10-13-16-19-22-25-28-31-32-33-34-35-38-40-43-46-49-52-55-58-64(67)70-61-62(71-65(68)59-56-53-50-47-44-41-37-30-27-24-21-18-15-12-9-6-3)60-69-63(66)57-54-51-48-45-42-39-36-29-26-23-20-17-14-11-8-5-2/h7,10,16,19,25,28,30,32-33,35,37-38,43,46,62H,4-6,8-9,11-15,17-18,20-24,26-27,29,31,34,36,39-42,44-45,47-61H2,1-3H3/b10-7-,19-16-,28-25-,33-32-,37-30-,38-35-,46-43-. The second kappa shape index (κ2) is 59.2. The van der Waals surface area contributed by atoms with Gasteiger partial charge in [-0.3, -0.25) is 14.4 Å². The minimum Gasteiger partial charge on any atom is -0.462 e. The molecule has 0 spiro atoms. The van der Waals surface area contributed by atoms with Gasteiger partial charge in [0.15, 0.2) is 6.10 Å². The topological polar surface area (TPSA) is 78.9 Å². The monoisotopic (exact) mass is 989 g/mol. The van der Waals surface area contributed by atoms with Crippen LogP contribution < -0.4 is 0 Å². The van der Waals surface area contributed by atoms with Crippen LogP contribution in [0.1, 0.15) is 290 Å². The van der Waals surface area contributed by atoms with Crippen molar-refractivity contribution in [2.75, 3.05) is 13.2 Å². The van der Waals surface area contributed by atoms with Crippen molar-refractivity contribution in [3.8, 4) is 0 Å². The molecule has 0 rings (SSSR count).